The van der Waals surface area contributed by atoms with Crippen LogP contribution in [0.1, 0.15) is 15.9 Å². The lowest BCUT2D eigenvalue weighted by Crippen LogP contribution is -2.30. The quantitative estimate of drug-likeness (QED) is 0.521. The summed E-state index contributed by atoms with van der Waals surface area (Å²) in [5.41, 5.74) is 2.44. The molecule has 0 saturated carbocycles. The van der Waals surface area contributed by atoms with E-state index in [-0.39, 0.29) is 12.1 Å². The van der Waals surface area contributed by atoms with Crippen LogP contribution in [0.15, 0.2) is 53.5 Å². The summed E-state index contributed by atoms with van der Waals surface area (Å²) >= 11 is 0. The van der Waals surface area contributed by atoms with Crippen molar-refractivity contribution in [2.24, 2.45) is 0 Å². The molecule has 8 nitrogen and oxygen atoms in total. The largest absolute Gasteiger partial charge is 0.465 e. The van der Waals surface area contributed by atoms with Gasteiger partial charge in [0.15, 0.2) is 0 Å². The number of carbonyl (C=O) groups excluding carboxylic acids is 2. The maximum atomic E-state index is 12.8. The molecule has 0 bridgehead atoms. The number of ether oxygens (including phenoxy) is 1. The van der Waals surface area contributed by atoms with E-state index >= 15 is 0 Å². The number of amides is 1. The second-order valence-electron chi connectivity index (χ2n) is 6.66. The molecule has 29 heavy (non-hydrogen) atoms. The first-order valence-corrected chi connectivity index (χ1v) is 8.93. The average molecular weight is 390 g/mol. The average Bonchev–Trinajstić information content (AvgIpc) is 3.08. The SMILES string of the molecule is COC(=O)c1ccccc1NC(=O)Cn1ncc2c([nH]c3ccc(C)cc32)c1=O. The highest BCUT2D eigenvalue weighted by Gasteiger charge is 2.16. The van der Waals surface area contributed by atoms with Gasteiger partial charge in [-0.05, 0) is 31.2 Å². The normalized spacial score (nSPS) is 11.0. The summed E-state index contributed by atoms with van der Waals surface area (Å²) in [4.78, 5) is 40.2. The molecule has 0 aliphatic carbocycles. The van der Waals surface area contributed by atoms with Crippen LogP contribution in [0.5, 0.6) is 0 Å². The number of aromatic nitrogens is 3. The van der Waals surface area contributed by atoms with Crippen LogP contribution in [0.3, 0.4) is 0 Å². The monoisotopic (exact) mass is 390 g/mol. The highest BCUT2D eigenvalue weighted by molar-refractivity contribution is 6.06. The molecule has 0 aliphatic rings. The summed E-state index contributed by atoms with van der Waals surface area (Å²) in [7, 11) is 1.27. The summed E-state index contributed by atoms with van der Waals surface area (Å²) in [6.45, 7) is 1.68. The van der Waals surface area contributed by atoms with Gasteiger partial charge in [-0.3, -0.25) is 9.59 Å². The van der Waals surface area contributed by atoms with Gasteiger partial charge in [-0.15, -0.1) is 0 Å². The number of aryl methyl sites for hydroxylation is 1. The lowest BCUT2D eigenvalue weighted by molar-refractivity contribution is -0.117. The van der Waals surface area contributed by atoms with Crippen LogP contribution in [0, 0.1) is 6.92 Å². The van der Waals surface area contributed by atoms with Gasteiger partial charge >= 0.3 is 5.97 Å². The number of methoxy groups -OCH3 is 1. The zero-order valence-electron chi connectivity index (χ0n) is 15.9. The predicted molar refractivity (Wildman–Crippen MR) is 109 cm³/mol. The van der Waals surface area contributed by atoms with Gasteiger partial charge in [0.1, 0.15) is 12.1 Å². The Kier molecular flexibility index (Phi) is 4.59. The number of aromatic amines is 1. The molecule has 0 fully saturated rings. The van der Waals surface area contributed by atoms with E-state index in [0.29, 0.717) is 16.6 Å². The van der Waals surface area contributed by atoms with E-state index in [1.54, 1.807) is 30.5 Å². The Morgan fingerprint density at radius 1 is 1.17 bits per heavy atom. The van der Waals surface area contributed by atoms with E-state index in [1.807, 2.05) is 25.1 Å². The molecule has 0 aliphatic heterocycles. The minimum Gasteiger partial charge on any atom is -0.465 e. The fraction of sp³-hybridized carbons (Fsp3) is 0.143. The highest BCUT2D eigenvalue weighted by Crippen LogP contribution is 2.23. The number of nitrogens with one attached hydrogen (secondary N) is 2. The summed E-state index contributed by atoms with van der Waals surface area (Å²) in [5.74, 6) is -1.05. The summed E-state index contributed by atoms with van der Waals surface area (Å²) in [6.07, 6.45) is 1.57. The molecular formula is C21H18N4O4. The Morgan fingerprint density at radius 3 is 2.76 bits per heavy atom. The first-order valence-electron chi connectivity index (χ1n) is 8.93. The van der Waals surface area contributed by atoms with Gasteiger partial charge in [-0.25, -0.2) is 9.48 Å². The van der Waals surface area contributed by atoms with Crippen LogP contribution < -0.4 is 10.9 Å². The van der Waals surface area contributed by atoms with Crippen molar-refractivity contribution in [3.05, 3.63) is 70.1 Å². The van der Waals surface area contributed by atoms with Crippen LogP contribution in [-0.4, -0.2) is 33.8 Å². The number of anilines is 1. The zero-order valence-corrected chi connectivity index (χ0v) is 15.9. The van der Waals surface area contributed by atoms with E-state index in [0.717, 1.165) is 21.1 Å². The van der Waals surface area contributed by atoms with Crippen molar-refractivity contribution in [2.45, 2.75) is 13.5 Å². The third-order valence-corrected chi connectivity index (χ3v) is 4.67. The van der Waals surface area contributed by atoms with E-state index in [1.165, 1.54) is 7.11 Å². The van der Waals surface area contributed by atoms with Crippen LogP contribution in [0.25, 0.3) is 21.8 Å². The Labute approximate surface area is 165 Å². The molecule has 4 aromatic rings. The number of hydrogen-bond donors (Lipinski definition) is 2. The van der Waals surface area contributed by atoms with Gasteiger partial charge in [-0.2, -0.15) is 5.10 Å². The second-order valence-corrected chi connectivity index (χ2v) is 6.66. The molecule has 2 aromatic heterocycles. The number of para-hydroxylation sites is 1. The maximum absolute atomic E-state index is 12.8. The molecule has 0 radical (unpaired) electrons. The molecule has 146 valence electrons. The number of rotatable bonds is 4. The Bertz CT molecular complexity index is 1320. The van der Waals surface area contributed by atoms with E-state index in [2.05, 4.69) is 15.4 Å². The van der Waals surface area contributed by atoms with Gasteiger partial charge in [0.2, 0.25) is 5.91 Å². The molecule has 4 rings (SSSR count). The first-order chi connectivity index (χ1) is 14.0. The van der Waals surface area contributed by atoms with Gasteiger partial charge < -0.3 is 15.0 Å². The number of fused-ring (bicyclic) bond motifs is 3. The molecule has 1 amide bonds. The van der Waals surface area contributed by atoms with Crippen molar-refractivity contribution in [3.63, 3.8) is 0 Å². The van der Waals surface area contributed by atoms with E-state index in [9.17, 15) is 14.4 Å². The Hall–Kier alpha value is -3.94. The smallest absolute Gasteiger partial charge is 0.339 e. The second kappa shape index (κ2) is 7.23. The topological polar surface area (TPSA) is 106 Å². The van der Waals surface area contributed by atoms with Gasteiger partial charge in [0, 0.05) is 16.3 Å². The van der Waals surface area contributed by atoms with Crippen molar-refractivity contribution >= 4 is 39.4 Å². The minimum absolute atomic E-state index is 0.227. The number of nitrogens with zero attached hydrogens (tertiary/aromatic N) is 2. The number of esters is 1. The minimum atomic E-state index is -0.564. The fourth-order valence-electron chi connectivity index (χ4n) is 3.26. The van der Waals surface area contributed by atoms with Gasteiger partial charge in [0.05, 0.1) is 24.6 Å². The molecule has 0 spiro atoms. The van der Waals surface area contributed by atoms with Crippen LogP contribution in [-0.2, 0) is 16.1 Å². The molecule has 2 heterocycles. The van der Waals surface area contributed by atoms with Crippen molar-refractivity contribution in [3.8, 4) is 0 Å². The fourth-order valence-corrected chi connectivity index (χ4v) is 3.26. The molecular weight excluding hydrogens is 372 g/mol. The standard InChI is InChI=1S/C21H18N4O4/c1-12-7-8-17-14(9-12)15-10-22-25(20(27)19(15)24-17)11-18(26)23-16-6-4-3-5-13(16)21(28)29-2/h3-10,24H,11H2,1-2H3,(H,23,26). The third-order valence-electron chi connectivity index (χ3n) is 4.67. The van der Waals surface area contributed by atoms with Crippen LogP contribution in [0.4, 0.5) is 5.69 Å². The van der Waals surface area contributed by atoms with Crippen molar-refractivity contribution in [1.29, 1.82) is 0 Å². The molecule has 2 N–H and O–H groups in total. The summed E-state index contributed by atoms with van der Waals surface area (Å²) < 4.78 is 5.80. The summed E-state index contributed by atoms with van der Waals surface area (Å²) in [5, 5.41) is 8.40. The first kappa shape index (κ1) is 18.4. The molecule has 0 unspecified atom stereocenters. The van der Waals surface area contributed by atoms with Crippen LogP contribution in [0.2, 0.25) is 0 Å². The summed E-state index contributed by atoms with van der Waals surface area (Å²) in [6, 6.07) is 12.3. The van der Waals surface area contributed by atoms with Crippen LogP contribution >= 0.6 is 0 Å². The number of carbonyl (C=O) groups is 2. The zero-order chi connectivity index (χ0) is 20.5. The number of benzene rings is 2. The Balaban J connectivity index is 1.64. The van der Waals surface area contributed by atoms with Crippen molar-refractivity contribution in [2.75, 3.05) is 12.4 Å². The maximum Gasteiger partial charge on any atom is 0.339 e. The van der Waals surface area contributed by atoms with E-state index < -0.39 is 17.4 Å². The predicted octanol–water partition coefficient (Wildman–Crippen LogP) is 2.61. The number of hydrogen-bond acceptors (Lipinski definition) is 5. The van der Waals surface area contributed by atoms with Crippen molar-refractivity contribution < 1.29 is 14.3 Å². The number of H-pyrrole nitrogens is 1. The third kappa shape index (κ3) is 3.36. The lowest BCUT2D eigenvalue weighted by atomic mass is 10.1. The molecule has 2 aromatic carbocycles. The lowest BCUT2D eigenvalue weighted by Gasteiger charge is -2.10. The highest BCUT2D eigenvalue weighted by atomic mass is 16.5. The Morgan fingerprint density at radius 2 is 1.97 bits per heavy atom. The van der Waals surface area contributed by atoms with Gasteiger partial charge in [-0.1, -0.05) is 23.8 Å². The van der Waals surface area contributed by atoms with E-state index in [4.69, 9.17) is 4.74 Å². The van der Waals surface area contributed by atoms with Crippen molar-refractivity contribution in [1.82, 2.24) is 14.8 Å². The molecule has 0 saturated heterocycles. The molecule has 8 heteroatoms. The molecule has 0 atom stereocenters. The van der Waals surface area contributed by atoms with Gasteiger partial charge in [0.25, 0.3) is 5.56 Å².